The Morgan fingerprint density at radius 2 is 2.00 bits per heavy atom. The van der Waals surface area contributed by atoms with E-state index < -0.39 is 0 Å². The first-order valence-corrected chi connectivity index (χ1v) is 4.63. The minimum absolute atomic E-state index is 0.258. The Labute approximate surface area is 72.4 Å². The number of aliphatic hydroxyl groups excluding tert-OH is 1. The topological polar surface area (TPSA) is 40.5 Å². The second-order valence-electron chi connectivity index (χ2n) is 4.17. The molecule has 1 heterocycles. The molecule has 1 aliphatic heterocycles. The summed E-state index contributed by atoms with van der Waals surface area (Å²) in [5, 5.41) is 9.00. The van der Waals surface area contributed by atoms with E-state index in [0.717, 1.165) is 18.8 Å². The van der Waals surface area contributed by atoms with E-state index in [0.29, 0.717) is 13.1 Å². The Hall–Kier alpha value is -0.570. The molecular weight excluding hydrogens is 154 g/mol. The number of aliphatic hydroxyl groups is 1. The molecule has 0 atom stereocenters. The van der Waals surface area contributed by atoms with Crippen molar-refractivity contribution in [1.82, 2.24) is 4.90 Å². The molecule has 2 fully saturated rings. The van der Waals surface area contributed by atoms with Gasteiger partial charge in [0, 0.05) is 19.0 Å². The lowest BCUT2D eigenvalue weighted by Crippen LogP contribution is -2.56. The van der Waals surface area contributed by atoms with Gasteiger partial charge in [-0.3, -0.25) is 4.79 Å². The predicted octanol–water partition coefficient (Wildman–Crippen LogP) is 0.236. The quantitative estimate of drug-likeness (QED) is 0.610. The Balaban J connectivity index is 1.78. The molecule has 0 spiro atoms. The summed E-state index contributed by atoms with van der Waals surface area (Å²) in [7, 11) is 0. The second-order valence-corrected chi connectivity index (χ2v) is 4.17. The molecule has 68 valence electrons. The molecule has 1 amide bonds. The van der Waals surface area contributed by atoms with Gasteiger partial charge in [-0.05, 0) is 18.8 Å². The third-order valence-corrected chi connectivity index (χ3v) is 2.90. The number of rotatable bonds is 1. The first kappa shape index (κ1) is 8.05. The molecule has 0 unspecified atom stereocenters. The average molecular weight is 169 g/mol. The minimum atomic E-state index is -0.258. The van der Waals surface area contributed by atoms with Gasteiger partial charge in [-0.2, -0.15) is 0 Å². The molecule has 0 aromatic rings. The molecule has 1 aliphatic carbocycles. The molecule has 0 aromatic heterocycles. The summed E-state index contributed by atoms with van der Waals surface area (Å²) in [5.41, 5.74) is 0. The zero-order valence-corrected chi connectivity index (χ0v) is 7.36. The molecule has 1 saturated heterocycles. The molecule has 3 heteroatoms. The van der Waals surface area contributed by atoms with Crippen LogP contribution in [0.4, 0.5) is 0 Å². The third kappa shape index (κ3) is 1.22. The van der Waals surface area contributed by atoms with E-state index >= 15 is 0 Å². The number of hydrogen-bond donors (Lipinski definition) is 1. The largest absolute Gasteiger partial charge is 0.389 e. The molecule has 0 aromatic carbocycles. The fourth-order valence-electron chi connectivity index (χ4n) is 2.00. The SMILES string of the molecule is CC1CC(C(=O)N2CC(O)C2)C1. The van der Waals surface area contributed by atoms with Crippen molar-refractivity contribution in [1.29, 1.82) is 0 Å². The van der Waals surface area contributed by atoms with Gasteiger partial charge in [-0.1, -0.05) is 6.92 Å². The van der Waals surface area contributed by atoms with Crippen LogP contribution in [0.1, 0.15) is 19.8 Å². The highest BCUT2D eigenvalue weighted by molar-refractivity contribution is 5.80. The molecular formula is C9H15NO2. The van der Waals surface area contributed by atoms with E-state index in [9.17, 15) is 4.79 Å². The lowest BCUT2D eigenvalue weighted by molar-refractivity contribution is -0.149. The van der Waals surface area contributed by atoms with Crippen LogP contribution in [0.15, 0.2) is 0 Å². The highest BCUT2D eigenvalue weighted by Crippen LogP contribution is 2.35. The number of carbonyl (C=O) groups excluding carboxylic acids is 1. The fraction of sp³-hybridized carbons (Fsp3) is 0.889. The van der Waals surface area contributed by atoms with Crippen LogP contribution in [0.3, 0.4) is 0 Å². The van der Waals surface area contributed by atoms with Crippen LogP contribution < -0.4 is 0 Å². The van der Waals surface area contributed by atoms with E-state index in [1.165, 1.54) is 0 Å². The predicted molar refractivity (Wildman–Crippen MR) is 44.5 cm³/mol. The van der Waals surface area contributed by atoms with Crippen LogP contribution in [0.5, 0.6) is 0 Å². The lowest BCUT2D eigenvalue weighted by Gasteiger charge is -2.42. The maximum absolute atomic E-state index is 11.5. The zero-order chi connectivity index (χ0) is 8.72. The first-order chi connectivity index (χ1) is 5.66. The molecule has 12 heavy (non-hydrogen) atoms. The Kier molecular flexibility index (Phi) is 1.83. The van der Waals surface area contributed by atoms with Crippen LogP contribution >= 0.6 is 0 Å². The summed E-state index contributed by atoms with van der Waals surface area (Å²) in [5.74, 6) is 1.26. The van der Waals surface area contributed by atoms with Gasteiger partial charge in [0.15, 0.2) is 0 Å². The van der Waals surface area contributed by atoms with Gasteiger partial charge in [0.05, 0.1) is 6.10 Å². The number of carbonyl (C=O) groups is 1. The normalized spacial score (nSPS) is 35.7. The smallest absolute Gasteiger partial charge is 0.225 e. The van der Waals surface area contributed by atoms with Crippen molar-refractivity contribution in [3.05, 3.63) is 0 Å². The van der Waals surface area contributed by atoms with Crippen molar-refractivity contribution >= 4 is 5.91 Å². The zero-order valence-electron chi connectivity index (χ0n) is 7.36. The average Bonchev–Trinajstić information content (AvgIpc) is 1.91. The maximum Gasteiger partial charge on any atom is 0.225 e. The van der Waals surface area contributed by atoms with Crippen molar-refractivity contribution in [2.75, 3.05) is 13.1 Å². The Morgan fingerprint density at radius 3 is 2.42 bits per heavy atom. The third-order valence-electron chi connectivity index (χ3n) is 2.90. The number of β-amino-alcohol motifs (C(OH)–C–C–N with tert-alkyl or cyclic N) is 1. The lowest BCUT2D eigenvalue weighted by atomic mass is 9.75. The van der Waals surface area contributed by atoms with Crippen LogP contribution in [-0.2, 0) is 4.79 Å². The standard InChI is InChI=1S/C9H15NO2/c1-6-2-7(3-6)9(12)10-4-8(11)5-10/h6-8,11H,2-5H2,1H3. The summed E-state index contributed by atoms with van der Waals surface area (Å²) in [6, 6.07) is 0. The van der Waals surface area contributed by atoms with Gasteiger partial charge in [-0.25, -0.2) is 0 Å². The van der Waals surface area contributed by atoms with Gasteiger partial charge in [0.2, 0.25) is 5.91 Å². The van der Waals surface area contributed by atoms with Gasteiger partial charge in [0.1, 0.15) is 0 Å². The van der Waals surface area contributed by atoms with E-state index in [1.807, 2.05) is 0 Å². The minimum Gasteiger partial charge on any atom is -0.389 e. The second kappa shape index (κ2) is 2.73. The number of hydrogen-bond acceptors (Lipinski definition) is 2. The summed E-state index contributed by atoms with van der Waals surface area (Å²) >= 11 is 0. The van der Waals surface area contributed by atoms with Crippen molar-refractivity contribution < 1.29 is 9.90 Å². The van der Waals surface area contributed by atoms with Crippen molar-refractivity contribution in [2.24, 2.45) is 11.8 Å². The Morgan fingerprint density at radius 1 is 1.42 bits per heavy atom. The molecule has 2 aliphatic rings. The maximum atomic E-state index is 11.5. The molecule has 0 bridgehead atoms. The van der Waals surface area contributed by atoms with E-state index in [4.69, 9.17) is 5.11 Å². The van der Waals surface area contributed by atoms with Crippen LogP contribution in [0, 0.1) is 11.8 Å². The van der Waals surface area contributed by atoms with Crippen molar-refractivity contribution in [2.45, 2.75) is 25.9 Å². The van der Waals surface area contributed by atoms with Gasteiger partial charge < -0.3 is 10.0 Å². The molecule has 1 N–H and O–H groups in total. The van der Waals surface area contributed by atoms with Crippen LogP contribution in [-0.4, -0.2) is 35.1 Å². The Bertz CT molecular complexity index is 173. The molecule has 3 nitrogen and oxygen atoms in total. The van der Waals surface area contributed by atoms with Crippen LogP contribution in [0.25, 0.3) is 0 Å². The van der Waals surface area contributed by atoms with Gasteiger partial charge in [-0.15, -0.1) is 0 Å². The molecule has 2 rings (SSSR count). The van der Waals surface area contributed by atoms with Gasteiger partial charge in [0.25, 0.3) is 0 Å². The molecule has 0 radical (unpaired) electrons. The number of amides is 1. The summed E-state index contributed by atoms with van der Waals surface area (Å²) in [4.78, 5) is 13.3. The summed E-state index contributed by atoms with van der Waals surface area (Å²) in [6.45, 7) is 3.29. The van der Waals surface area contributed by atoms with Crippen molar-refractivity contribution in [3.63, 3.8) is 0 Å². The van der Waals surface area contributed by atoms with E-state index in [2.05, 4.69) is 6.92 Å². The number of likely N-dealkylation sites (tertiary alicyclic amines) is 1. The number of nitrogens with zero attached hydrogens (tertiary/aromatic N) is 1. The summed E-state index contributed by atoms with van der Waals surface area (Å²) in [6.07, 6.45) is 1.84. The monoisotopic (exact) mass is 169 g/mol. The molecule has 1 saturated carbocycles. The highest BCUT2D eigenvalue weighted by Gasteiger charge is 2.38. The van der Waals surface area contributed by atoms with E-state index in [-0.39, 0.29) is 17.9 Å². The van der Waals surface area contributed by atoms with Crippen LogP contribution in [0.2, 0.25) is 0 Å². The van der Waals surface area contributed by atoms with E-state index in [1.54, 1.807) is 4.90 Å². The van der Waals surface area contributed by atoms with Crippen molar-refractivity contribution in [3.8, 4) is 0 Å². The fourth-order valence-corrected chi connectivity index (χ4v) is 2.00. The summed E-state index contributed by atoms with van der Waals surface area (Å²) < 4.78 is 0. The highest BCUT2D eigenvalue weighted by atomic mass is 16.3. The first-order valence-electron chi connectivity index (χ1n) is 4.63. The van der Waals surface area contributed by atoms with Gasteiger partial charge >= 0.3 is 0 Å².